The lowest BCUT2D eigenvalue weighted by Crippen LogP contribution is -2.20. The van der Waals surface area contributed by atoms with Crippen LogP contribution in [0.1, 0.15) is 29.4 Å². The molecule has 0 aliphatic carbocycles. The number of rotatable bonds is 20. The maximum atomic E-state index is 12.8. The van der Waals surface area contributed by atoms with E-state index in [1.807, 2.05) is 0 Å². The van der Waals surface area contributed by atoms with Crippen LogP contribution < -0.4 is 20.9 Å². The van der Waals surface area contributed by atoms with Crippen LogP contribution in [-0.2, 0) is 28.5 Å². The molecule has 0 saturated carbocycles. The molecule has 2 aromatic rings. The maximum Gasteiger partial charge on any atom is 0.341 e. The number of carboxylic acid groups (broad SMARTS) is 1. The second kappa shape index (κ2) is 17.9. The first-order chi connectivity index (χ1) is 18.8. The number of carboxylic acids is 1. The van der Waals surface area contributed by atoms with Gasteiger partial charge in [0.1, 0.15) is 5.69 Å². The van der Waals surface area contributed by atoms with Crippen molar-refractivity contribution in [1.82, 2.24) is 0 Å². The van der Waals surface area contributed by atoms with Crippen LogP contribution in [0, 0.1) is 11.8 Å². The number of nitrogens with one attached hydrogen (secondary N) is 4. The van der Waals surface area contributed by atoms with Crippen LogP contribution in [0.25, 0.3) is 0 Å². The number of H-pyrrole nitrogens is 1. The molecule has 0 bridgehead atoms. The van der Waals surface area contributed by atoms with E-state index in [2.05, 4.69) is 26.1 Å². The number of hydrogen-bond acceptors (Lipinski definition) is 11. The second-order valence-corrected chi connectivity index (χ2v) is 8.99. The molecule has 0 spiro atoms. The monoisotopic (exact) mass is 568 g/mol. The van der Waals surface area contributed by atoms with Gasteiger partial charge >= 0.3 is 17.0 Å². The fourth-order valence-electron chi connectivity index (χ4n) is 3.07. The fourth-order valence-corrected chi connectivity index (χ4v) is 3.85. The molecule has 0 unspecified atom stereocenters. The first kappa shape index (κ1) is 31.7. The molecule has 0 aliphatic heterocycles. The predicted octanol–water partition coefficient (Wildman–Crippen LogP) is 2.43. The largest absolute Gasteiger partial charge is 0.481 e. The Kier molecular flexibility index (Phi) is 14.6. The SMILES string of the molecule is CC(=O)Nc1cc(NCCOCCOCCOCCOCCC(=O)O)ccc1C(=O)Nc1[nH+]c(C)c(N=O)s1. The number of benzene rings is 1. The molecule has 0 saturated heterocycles. The third kappa shape index (κ3) is 12.7. The molecule has 2 amide bonds. The number of thiazole rings is 1. The summed E-state index contributed by atoms with van der Waals surface area (Å²) < 4.78 is 21.4. The predicted molar refractivity (Wildman–Crippen MR) is 144 cm³/mol. The van der Waals surface area contributed by atoms with Crippen molar-refractivity contribution in [3.05, 3.63) is 34.4 Å². The summed E-state index contributed by atoms with van der Waals surface area (Å²) in [5.74, 6) is -1.68. The van der Waals surface area contributed by atoms with E-state index >= 15 is 0 Å². The Bertz CT molecular complexity index is 1100. The molecule has 0 fully saturated rings. The molecule has 0 atom stereocenters. The number of amides is 2. The van der Waals surface area contributed by atoms with Gasteiger partial charge in [0, 0.05) is 26.1 Å². The van der Waals surface area contributed by atoms with Crippen molar-refractivity contribution in [2.45, 2.75) is 20.3 Å². The Hall–Kier alpha value is -3.50. The zero-order valence-electron chi connectivity index (χ0n) is 21.9. The molecule has 1 aromatic heterocycles. The second-order valence-electron chi connectivity index (χ2n) is 7.99. The molecule has 15 heteroatoms. The highest BCUT2D eigenvalue weighted by Crippen LogP contribution is 2.28. The van der Waals surface area contributed by atoms with Crippen molar-refractivity contribution >= 4 is 50.6 Å². The number of ether oxygens (including phenoxy) is 4. The van der Waals surface area contributed by atoms with E-state index in [9.17, 15) is 19.3 Å². The van der Waals surface area contributed by atoms with Gasteiger partial charge < -0.3 is 34.7 Å². The van der Waals surface area contributed by atoms with E-state index in [1.54, 1.807) is 25.1 Å². The molecule has 14 nitrogen and oxygen atoms in total. The summed E-state index contributed by atoms with van der Waals surface area (Å²) >= 11 is 1.02. The number of aryl methyl sites for hydroxylation is 1. The van der Waals surface area contributed by atoms with E-state index in [4.69, 9.17) is 24.1 Å². The number of aromatic nitrogens is 1. The zero-order chi connectivity index (χ0) is 28.5. The third-order valence-electron chi connectivity index (χ3n) is 4.86. The van der Waals surface area contributed by atoms with Crippen LogP contribution in [0.2, 0.25) is 0 Å². The van der Waals surface area contributed by atoms with Crippen LogP contribution in [-0.4, -0.2) is 82.3 Å². The van der Waals surface area contributed by atoms with E-state index in [1.165, 1.54) is 6.92 Å². The van der Waals surface area contributed by atoms with Gasteiger partial charge in [-0.25, -0.2) is 9.78 Å². The number of hydrogen-bond donors (Lipinski definition) is 4. The number of anilines is 3. The molecule has 214 valence electrons. The Morgan fingerprint density at radius 2 is 1.56 bits per heavy atom. The Labute approximate surface area is 229 Å². The van der Waals surface area contributed by atoms with E-state index < -0.39 is 11.9 Å². The molecule has 0 radical (unpaired) electrons. The van der Waals surface area contributed by atoms with Gasteiger partial charge in [-0.05, 0) is 34.7 Å². The topological polar surface area (TPSA) is 188 Å². The number of aliphatic carboxylic acids is 1. The summed E-state index contributed by atoms with van der Waals surface area (Å²) in [6, 6.07) is 4.95. The minimum absolute atomic E-state index is 0.0269. The van der Waals surface area contributed by atoms with Crippen molar-refractivity contribution in [3.8, 4) is 0 Å². The first-order valence-electron chi connectivity index (χ1n) is 12.2. The third-order valence-corrected chi connectivity index (χ3v) is 5.84. The van der Waals surface area contributed by atoms with Gasteiger partial charge in [-0.1, -0.05) is 0 Å². The summed E-state index contributed by atoms with van der Waals surface area (Å²) in [5, 5.41) is 20.5. The Morgan fingerprint density at radius 3 is 2.13 bits per heavy atom. The summed E-state index contributed by atoms with van der Waals surface area (Å²) in [6.45, 7) is 6.39. The average molecular weight is 569 g/mol. The number of carbonyl (C=O) groups is 3. The number of nitroso groups, excluding NO2 is 1. The molecule has 39 heavy (non-hydrogen) atoms. The lowest BCUT2D eigenvalue weighted by molar-refractivity contribution is -0.363. The normalized spacial score (nSPS) is 10.7. The summed E-state index contributed by atoms with van der Waals surface area (Å²) in [7, 11) is 0. The average Bonchev–Trinajstić information content (AvgIpc) is 3.24. The Morgan fingerprint density at radius 1 is 0.949 bits per heavy atom. The van der Waals surface area contributed by atoms with Gasteiger partial charge in [-0.2, -0.15) is 5.32 Å². The molecule has 1 heterocycles. The molecule has 5 N–H and O–H groups in total. The van der Waals surface area contributed by atoms with E-state index in [-0.39, 0.29) is 29.5 Å². The molecular formula is C24H34N5O9S+. The van der Waals surface area contributed by atoms with Crippen LogP contribution in [0.5, 0.6) is 0 Å². The molecule has 1 aromatic carbocycles. The standard InChI is InChI=1S/C24H33N5O9S/c1-16-23(29-34)39-24(26-16)28-22(33)19-4-3-18(15-20(19)27-17(2)30)25-6-8-36-10-12-38-14-13-37-11-9-35-7-5-21(31)32/h3-4,15,25H,5-14H2,1-2H3,(H,27,30)(H,31,32)(H,26,28,33)/p+1. The van der Waals surface area contributed by atoms with Crippen LogP contribution in [0.3, 0.4) is 0 Å². The smallest absolute Gasteiger partial charge is 0.341 e. The van der Waals surface area contributed by atoms with Crippen LogP contribution >= 0.6 is 11.3 Å². The van der Waals surface area contributed by atoms with Gasteiger partial charge in [-0.3, -0.25) is 9.59 Å². The lowest BCUT2D eigenvalue weighted by atomic mass is 10.1. The molecule has 0 aliphatic rings. The van der Waals surface area contributed by atoms with Crippen molar-refractivity contribution in [2.75, 3.05) is 75.4 Å². The fraction of sp³-hybridized carbons (Fsp3) is 0.500. The summed E-state index contributed by atoms with van der Waals surface area (Å²) in [6.07, 6.45) is -0.0269. The lowest BCUT2D eigenvalue weighted by Gasteiger charge is -2.12. The summed E-state index contributed by atoms with van der Waals surface area (Å²) in [5.41, 5.74) is 1.81. The van der Waals surface area contributed by atoms with Crippen molar-refractivity contribution in [1.29, 1.82) is 0 Å². The van der Waals surface area contributed by atoms with Gasteiger partial charge in [-0.15, -0.1) is 4.91 Å². The number of carbonyl (C=O) groups excluding carboxylic acids is 2. The van der Waals surface area contributed by atoms with Gasteiger partial charge in [0.2, 0.25) is 10.9 Å². The van der Waals surface area contributed by atoms with E-state index in [0.717, 1.165) is 11.3 Å². The van der Waals surface area contributed by atoms with Gasteiger partial charge in [0.25, 0.3) is 0 Å². The number of nitrogens with zero attached hydrogens (tertiary/aromatic N) is 1. The first-order valence-corrected chi connectivity index (χ1v) is 13.0. The quantitative estimate of drug-likeness (QED) is 0.136. The molecule has 2 rings (SSSR count). The van der Waals surface area contributed by atoms with Crippen LogP contribution in [0.4, 0.5) is 21.5 Å². The minimum atomic E-state index is -0.895. The highest BCUT2D eigenvalue weighted by molar-refractivity contribution is 7.19. The van der Waals surface area contributed by atoms with Crippen molar-refractivity contribution < 1.29 is 43.4 Å². The van der Waals surface area contributed by atoms with Crippen molar-refractivity contribution in [3.63, 3.8) is 0 Å². The summed E-state index contributed by atoms with van der Waals surface area (Å²) in [4.78, 5) is 48.5. The molecular weight excluding hydrogens is 534 g/mol. The maximum absolute atomic E-state index is 12.8. The van der Waals surface area contributed by atoms with Crippen LogP contribution in [0.15, 0.2) is 23.4 Å². The van der Waals surface area contributed by atoms with Crippen molar-refractivity contribution in [2.24, 2.45) is 5.18 Å². The minimum Gasteiger partial charge on any atom is -0.481 e. The number of aromatic amines is 1. The van der Waals surface area contributed by atoms with Gasteiger partial charge in [0.05, 0.1) is 70.5 Å². The van der Waals surface area contributed by atoms with Gasteiger partial charge in [0.15, 0.2) is 0 Å². The highest BCUT2D eigenvalue weighted by atomic mass is 32.1. The highest BCUT2D eigenvalue weighted by Gasteiger charge is 2.21. The van der Waals surface area contributed by atoms with E-state index in [0.29, 0.717) is 75.0 Å². The zero-order valence-corrected chi connectivity index (χ0v) is 22.7. The Balaban J connectivity index is 1.65.